The molecule has 31 heavy (non-hydrogen) atoms. The molecule has 1 N–H and O–H groups in total. The Morgan fingerprint density at radius 1 is 1.19 bits per heavy atom. The van der Waals surface area contributed by atoms with E-state index in [1.807, 2.05) is 0 Å². The number of aliphatic carboxylic acids is 1. The molecule has 0 amide bonds. The number of nitro groups is 1. The van der Waals surface area contributed by atoms with Crippen molar-refractivity contribution in [2.75, 3.05) is 13.1 Å². The number of para-hydroxylation sites is 1. The largest absolute Gasteiger partial charge is 0.480 e. The maximum atomic E-state index is 13.1. The quantitative estimate of drug-likeness (QED) is 0.357. The summed E-state index contributed by atoms with van der Waals surface area (Å²) in [7, 11) is -4.41. The lowest BCUT2D eigenvalue weighted by atomic mass is 9.82. The van der Waals surface area contributed by atoms with Crippen LogP contribution in [0.5, 0.6) is 0 Å². The van der Waals surface area contributed by atoms with Gasteiger partial charge < -0.3 is 9.84 Å². The van der Waals surface area contributed by atoms with E-state index in [0.717, 1.165) is 16.4 Å². The highest BCUT2D eigenvalue weighted by atomic mass is 32.2. The first-order valence-corrected chi connectivity index (χ1v) is 11.4. The Hall–Kier alpha value is -2.53. The van der Waals surface area contributed by atoms with Crippen LogP contribution in [0, 0.1) is 22.0 Å². The van der Waals surface area contributed by atoms with Gasteiger partial charge in [-0.1, -0.05) is 12.1 Å². The normalized spacial score (nSPS) is 19.7. The molecule has 10 nitrogen and oxygen atoms in total. The molecule has 1 fully saturated rings. The molecule has 0 unspecified atom stereocenters. The van der Waals surface area contributed by atoms with Gasteiger partial charge in [-0.05, 0) is 58.4 Å². The van der Waals surface area contributed by atoms with Crippen molar-refractivity contribution in [3.8, 4) is 0 Å². The summed E-state index contributed by atoms with van der Waals surface area (Å²) in [4.78, 5) is 33.5. The van der Waals surface area contributed by atoms with Gasteiger partial charge in [0.25, 0.3) is 5.69 Å². The number of nitrogens with zero attached hydrogens (tertiary/aromatic N) is 2. The van der Waals surface area contributed by atoms with E-state index >= 15 is 0 Å². The van der Waals surface area contributed by atoms with E-state index in [9.17, 15) is 33.2 Å². The highest BCUT2D eigenvalue weighted by Gasteiger charge is 2.36. The first-order valence-electron chi connectivity index (χ1n) is 9.99. The number of sulfonamides is 1. The van der Waals surface area contributed by atoms with Crippen LogP contribution in [0.1, 0.15) is 46.5 Å². The van der Waals surface area contributed by atoms with E-state index in [1.54, 1.807) is 20.8 Å². The number of hydrogen-bond acceptors (Lipinski definition) is 7. The van der Waals surface area contributed by atoms with Gasteiger partial charge in [-0.3, -0.25) is 19.7 Å². The molecule has 172 valence electrons. The van der Waals surface area contributed by atoms with Crippen LogP contribution in [-0.4, -0.2) is 53.4 Å². The zero-order chi connectivity index (χ0) is 23.4. The SMILES string of the molecule is CC(C)(C)OC(=O)C1CCC(CN(CC(=O)O)S(=O)(=O)c2ccccc2[N+](=O)[O-])CC1. The van der Waals surface area contributed by atoms with Crippen LogP contribution in [0.25, 0.3) is 0 Å². The van der Waals surface area contributed by atoms with Crippen molar-refractivity contribution >= 4 is 27.6 Å². The van der Waals surface area contributed by atoms with E-state index < -0.39 is 43.6 Å². The average Bonchev–Trinajstić information content (AvgIpc) is 2.66. The topological polar surface area (TPSA) is 144 Å². The third kappa shape index (κ3) is 6.73. The summed E-state index contributed by atoms with van der Waals surface area (Å²) >= 11 is 0. The summed E-state index contributed by atoms with van der Waals surface area (Å²) in [5.41, 5.74) is -1.20. The Balaban J connectivity index is 2.16. The molecule has 1 aliphatic carbocycles. The number of benzene rings is 1. The molecule has 0 aromatic heterocycles. The van der Waals surface area contributed by atoms with Gasteiger partial charge in [0.05, 0.1) is 10.8 Å². The summed E-state index contributed by atoms with van der Waals surface area (Å²) in [6.07, 6.45) is 2.05. The van der Waals surface area contributed by atoms with Gasteiger partial charge in [0.2, 0.25) is 10.0 Å². The van der Waals surface area contributed by atoms with Crippen LogP contribution in [-0.2, 0) is 24.3 Å². The maximum Gasteiger partial charge on any atom is 0.318 e. The van der Waals surface area contributed by atoms with Gasteiger partial charge in [-0.15, -0.1) is 0 Å². The number of hydrogen-bond donors (Lipinski definition) is 1. The second-order valence-corrected chi connectivity index (χ2v) is 10.6. The molecule has 1 saturated carbocycles. The van der Waals surface area contributed by atoms with Crippen molar-refractivity contribution in [3.05, 3.63) is 34.4 Å². The zero-order valence-corrected chi connectivity index (χ0v) is 18.6. The fraction of sp³-hybridized carbons (Fsp3) is 0.600. The highest BCUT2D eigenvalue weighted by molar-refractivity contribution is 7.89. The first-order chi connectivity index (χ1) is 14.3. The van der Waals surface area contributed by atoms with Crippen LogP contribution in [0.3, 0.4) is 0 Å². The smallest absolute Gasteiger partial charge is 0.318 e. The van der Waals surface area contributed by atoms with E-state index in [4.69, 9.17) is 4.74 Å². The van der Waals surface area contributed by atoms with Crippen LogP contribution in [0.4, 0.5) is 5.69 Å². The first kappa shape index (κ1) is 24.7. The fourth-order valence-corrected chi connectivity index (χ4v) is 5.24. The molecular weight excluding hydrogens is 428 g/mol. The molecule has 0 bridgehead atoms. The van der Waals surface area contributed by atoms with Gasteiger partial charge in [-0.25, -0.2) is 8.42 Å². The number of rotatable bonds is 8. The van der Waals surface area contributed by atoms with Crippen LogP contribution >= 0.6 is 0 Å². The van der Waals surface area contributed by atoms with Gasteiger partial charge in [0, 0.05) is 12.6 Å². The molecule has 11 heteroatoms. The molecule has 1 aromatic carbocycles. The highest BCUT2D eigenvalue weighted by Crippen LogP contribution is 2.33. The molecule has 0 atom stereocenters. The second-order valence-electron chi connectivity index (χ2n) is 8.67. The summed E-state index contributed by atoms with van der Waals surface area (Å²) in [5.74, 6) is -2.10. The summed E-state index contributed by atoms with van der Waals surface area (Å²) in [5, 5.41) is 20.5. The molecule has 0 aliphatic heterocycles. The average molecular weight is 457 g/mol. The molecule has 1 aromatic rings. The molecular formula is C20H28N2O8S. The number of carboxylic acid groups (broad SMARTS) is 1. The number of ether oxygens (including phenoxy) is 1. The van der Waals surface area contributed by atoms with Crippen LogP contribution < -0.4 is 0 Å². The van der Waals surface area contributed by atoms with Gasteiger partial charge in [0.15, 0.2) is 4.90 Å². The lowest BCUT2D eigenvalue weighted by Crippen LogP contribution is -2.40. The standard InChI is InChI=1S/C20H28N2O8S/c1-20(2,3)30-19(25)15-10-8-14(9-11-15)12-21(13-18(23)24)31(28,29)17-7-5-4-6-16(17)22(26)27/h4-7,14-15H,8-13H2,1-3H3,(H,23,24). The summed E-state index contributed by atoms with van der Waals surface area (Å²) in [6.45, 7) is 4.46. The van der Waals surface area contributed by atoms with Crippen molar-refractivity contribution in [2.45, 2.75) is 57.0 Å². The predicted molar refractivity (Wildman–Crippen MR) is 111 cm³/mol. The number of carboxylic acids is 1. The Morgan fingerprint density at radius 3 is 2.29 bits per heavy atom. The van der Waals surface area contributed by atoms with E-state index in [2.05, 4.69) is 0 Å². The molecule has 2 rings (SSSR count). The Labute approximate surface area is 181 Å². The molecule has 1 aliphatic rings. The van der Waals surface area contributed by atoms with Crippen LogP contribution in [0.15, 0.2) is 29.2 Å². The van der Waals surface area contributed by atoms with Crippen molar-refractivity contribution < 1.29 is 32.8 Å². The number of nitro benzene ring substituents is 1. The molecule has 0 spiro atoms. The minimum Gasteiger partial charge on any atom is -0.480 e. The Kier molecular flexibility index (Phi) is 7.77. The van der Waals surface area contributed by atoms with Crippen molar-refractivity contribution in [1.29, 1.82) is 0 Å². The van der Waals surface area contributed by atoms with Crippen molar-refractivity contribution in [3.63, 3.8) is 0 Å². The fourth-order valence-electron chi connectivity index (χ4n) is 3.62. The van der Waals surface area contributed by atoms with E-state index in [1.165, 1.54) is 12.1 Å². The lowest BCUT2D eigenvalue weighted by Gasteiger charge is -2.32. The predicted octanol–water partition coefficient (Wildman–Crippen LogP) is 2.82. The van der Waals surface area contributed by atoms with E-state index in [-0.39, 0.29) is 24.3 Å². The Bertz CT molecular complexity index is 931. The number of carbonyl (C=O) groups excluding carboxylic acids is 1. The van der Waals surface area contributed by atoms with Crippen molar-refractivity contribution in [2.24, 2.45) is 11.8 Å². The van der Waals surface area contributed by atoms with Crippen LogP contribution in [0.2, 0.25) is 0 Å². The maximum absolute atomic E-state index is 13.1. The molecule has 0 saturated heterocycles. The minimum absolute atomic E-state index is 0.0955. The van der Waals surface area contributed by atoms with Gasteiger partial charge in [-0.2, -0.15) is 4.31 Å². The third-order valence-corrected chi connectivity index (χ3v) is 6.90. The zero-order valence-electron chi connectivity index (χ0n) is 17.8. The number of esters is 1. The summed E-state index contributed by atoms with van der Waals surface area (Å²) in [6, 6.07) is 4.86. The van der Waals surface area contributed by atoms with Crippen molar-refractivity contribution in [1.82, 2.24) is 4.31 Å². The minimum atomic E-state index is -4.41. The molecule has 0 radical (unpaired) electrons. The third-order valence-electron chi connectivity index (χ3n) is 5.04. The van der Waals surface area contributed by atoms with Gasteiger partial charge in [0.1, 0.15) is 12.1 Å². The van der Waals surface area contributed by atoms with Gasteiger partial charge >= 0.3 is 11.9 Å². The number of carbonyl (C=O) groups is 2. The molecule has 0 heterocycles. The Morgan fingerprint density at radius 2 is 1.77 bits per heavy atom. The van der Waals surface area contributed by atoms with E-state index in [0.29, 0.717) is 25.7 Å². The monoisotopic (exact) mass is 456 g/mol. The summed E-state index contributed by atoms with van der Waals surface area (Å²) < 4.78 is 32.3. The second kappa shape index (κ2) is 9.73. The lowest BCUT2D eigenvalue weighted by molar-refractivity contribution is -0.387.